The Bertz CT molecular complexity index is 324. The lowest BCUT2D eigenvalue weighted by atomic mass is 10.5. The molecule has 0 atom stereocenters. The highest BCUT2D eigenvalue weighted by Gasteiger charge is 2.23. The number of rotatable bonds is 9. The molecule has 1 saturated carbocycles. The highest BCUT2D eigenvalue weighted by molar-refractivity contribution is 7.89. The van der Waals surface area contributed by atoms with Crippen molar-refractivity contribution in [1.29, 1.82) is 0 Å². The molecule has 0 aliphatic heterocycles. The Kier molecular flexibility index (Phi) is 5.18. The zero-order chi connectivity index (χ0) is 12.0. The molecule has 1 aliphatic rings. The van der Waals surface area contributed by atoms with Crippen LogP contribution in [0.3, 0.4) is 0 Å². The fourth-order valence-corrected chi connectivity index (χ4v) is 2.70. The van der Waals surface area contributed by atoms with Crippen LogP contribution in [0.15, 0.2) is 25.3 Å². The molecule has 1 N–H and O–H groups in total. The highest BCUT2D eigenvalue weighted by atomic mass is 32.2. The summed E-state index contributed by atoms with van der Waals surface area (Å²) in [5, 5.41) is 3.19. The van der Waals surface area contributed by atoms with Gasteiger partial charge < -0.3 is 5.32 Å². The van der Waals surface area contributed by atoms with Crippen molar-refractivity contribution in [3.05, 3.63) is 25.3 Å². The maximum Gasteiger partial charge on any atom is 0.215 e. The molecule has 4 nitrogen and oxygen atoms in total. The van der Waals surface area contributed by atoms with Crippen LogP contribution in [-0.2, 0) is 10.0 Å². The summed E-state index contributed by atoms with van der Waals surface area (Å²) >= 11 is 0. The second-order valence-electron chi connectivity index (χ2n) is 3.94. The SMILES string of the molecule is C=CCN(CC=C)S(=O)(=O)CCNC1CC1. The van der Waals surface area contributed by atoms with E-state index < -0.39 is 10.0 Å². The maximum atomic E-state index is 11.9. The second kappa shape index (κ2) is 6.18. The lowest BCUT2D eigenvalue weighted by Crippen LogP contribution is -2.37. The Hall–Kier alpha value is -0.650. The monoisotopic (exact) mass is 244 g/mol. The van der Waals surface area contributed by atoms with E-state index in [0.29, 0.717) is 25.7 Å². The third kappa shape index (κ3) is 4.47. The van der Waals surface area contributed by atoms with Crippen molar-refractivity contribution in [2.45, 2.75) is 18.9 Å². The van der Waals surface area contributed by atoms with E-state index in [1.54, 1.807) is 12.2 Å². The molecule has 1 rings (SSSR count). The van der Waals surface area contributed by atoms with Gasteiger partial charge in [0, 0.05) is 25.7 Å². The van der Waals surface area contributed by atoms with Crippen LogP contribution in [-0.4, -0.2) is 44.2 Å². The van der Waals surface area contributed by atoms with Crippen LogP contribution in [0.2, 0.25) is 0 Å². The molecule has 0 amide bonds. The number of nitrogens with one attached hydrogen (secondary N) is 1. The number of hydrogen-bond acceptors (Lipinski definition) is 3. The first kappa shape index (κ1) is 13.4. The van der Waals surface area contributed by atoms with Gasteiger partial charge in [-0.05, 0) is 12.8 Å². The van der Waals surface area contributed by atoms with Crippen molar-refractivity contribution in [1.82, 2.24) is 9.62 Å². The van der Waals surface area contributed by atoms with Crippen LogP contribution in [0.25, 0.3) is 0 Å². The molecule has 5 heteroatoms. The molecule has 0 unspecified atom stereocenters. The van der Waals surface area contributed by atoms with Crippen LogP contribution in [0.5, 0.6) is 0 Å². The average molecular weight is 244 g/mol. The Morgan fingerprint density at radius 1 is 1.25 bits per heavy atom. The summed E-state index contributed by atoms with van der Waals surface area (Å²) in [6.07, 6.45) is 5.52. The fraction of sp³-hybridized carbons (Fsp3) is 0.636. The number of nitrogens with zero attached hydrogens (tertiary/aromatic N) is 1. The molecule has 0 heterocycles. The van der Waals surface area contributed by atoms with E-state index in [2.05, 4.69) is 18.5 Å². The van der Waals surface area contributed by atoms with Gasteiger partial charge in [0.2, 0.25) is 10.0 Å². The summed E-state index contributed by atoms with van der Waals surface area (Å²) in [4.78, 5) is 0. The van der Waals surface area contributed by atoms with Gasteiger partial charge in [-0.3, -0.25) is 0 Å². The van der Waals surface area contributed by atoms with E-state index in [1.807, 2.05) is 0 Å². The van der Waals surface area contributed by atoms with Gasteiger partial charge in [0.25, 0.3) is 0 Å². The largest absolute Gasteiger partial charge is 0.313 e. The average Bonchev–Trinajstić information content (AvgIpc) is 3.01. The lowest BCUT2D eigenvalue weighted by Gasteiger charge is -2.18. The minimum absolute atomic E-state index is 0.144. The van der Waals surface area contributed by atoms with Gasteiger partial charge in [-0.2, -0.15) is 4.31 Å². The zero-order valence-corrected chi connectivity index (χ0v) is 10.4. The maximum absolute atomic E-state index is 11.9. The Labute approximate surface area is 98.1 Å². The summed E-state index contributed by atoms with van der Waals surface area (Å²) in [6.45, 7) is 8.33. The molecule has 0 aromatic carbocycles. The quantitative estimate of drug-likeness (QED) is 0.609. The van der Waals surface area contributed by atoms with E-state index in [4.69, 9.17) is 0 Å². The first-order valence-corrected chi connectivity index (χ1v) is 7.14. The van der Waals surface area contributed by atoms with Crippen LogP contribution in [0.1, 0.15) is 12.8 Å². The third-order valence-corrected chi connectivity index (χ3v) is 4.23. The number of hydrogen-bond donors (Lipinski definition) is 1. The molecule has 0 radical (unpaired) electrons. The fourth-order valence-electron chi connectivity index (χ4n) is 1.40. The molecule has 1 aliphatic carbocycles. The minimum atomic E-state index is -3.19. The summed E-state index contributed by atoms with van der Waals surface area (Å²) in [7, 11) is -3.19. The minimum Gasteiger partial charge on any atom is -0.313 e. The van der Waals surface area contributed by atoms with Crippen molar-refractivity contribution in [3.8, 4) is 0 Å². The summed E-state index contributed by atoms with van der Waals surface area (Å²) in [5.41, 5.74) is 0. The highest BCUT2D eigenvalue weighted by Crippen LogP contribution is 2.18. The van der Waals surface area contributed by atoms with Gasteiger partial charge >= 0.3 is 0 Å². The molecule has 0 bridgehead atoms. The van der Waals surface area contributed by atoms with Gasteiger partial charge in [0.05, 0.1) is 5.75 Å². The molecule has 0 saturated heterocycles. The van der Waals surface area contributed by atoms with E-state index in [0.717, 1.165) is 0 Å². The van der Waals surface area contributed by atoms with Crippen LogP contribution >= 0.6 is 0 Å². The Morgan fingerprint density at radius 2 is 1.81 bits per heavy atom. The van der Waals surface area contributed by atoms with E-state index >= 15 is 0 Å². The molecule has 0 aromatic rings. The summed E-state index contributed by atoms with van der Waals surface area (Å²) in [5.74, 6) is 0.144. The molecule has 1 fully saturated rings. The molecule has 92 valence electrons. The lowest BCUT2D eigenvalue weighted by molar-refractivity contribution is 0.472. The number of sulfonamides is 1. The van der Waals surface area contributed by atoms with Gasteiger partial charge in [-0.25, -0.2) is 8.42 Å². The van der Waals surface area contributed by atoms with E-state index in [1.165, 1.54) is 17.1 Å². The molecule has 16 heavy (non-hydrogen) atoms. The summed E-state index contributed by atoms with van der Waals surface area (Å²) < 4.78 is 25.2. The first-order chi connectivity index (χ1) is 7.60. The Morgan fingerprint density at radius 3 is 2.25 bits per heavy atom. The predicted octanol–water partition coefficient (Wildman–Crippen LogP) is 0.742. The molecular formula is C11H20N2O2S. The van der Waals surface area contributed by atoms with Crippen molar-refractivity contribution in [2.75, 3.05) is 25.4 Å². The topological polar surface area (TPSA) is 49.4 Å². The van der Waals surface area contributed by atoms with Gasteiger partial charge in [0.1, 0.15) is 0 Å². The van der Waals surface area contributed by atoms with E-state index in [9.17, 15) is 8.42 Å². The van der Waals surface area contributed by atoms with Crippen LogP contribution < -0.4 is 5.32 Å². The predicted molar refractivity (Wildman–Crippen MR) is 66.8 cm³/mol. The Balaban J connectivity index is 2.42. The molecular weight excluding hydrogens is 224 g/mol. The third-order valence-electron chi connectivity index (χ3n) is 2.43. The molecule has 0 spiro atoms. The standard InChI is InChI=1S/C11H20N2O2S/c1-3-8-13(9-4-2)16(14,15)10-7-12-11-5-6-11/h3-4,11-12H,1-2,5-10H2. The van der Waals surface area contributed by atoms with Crippen molar-refractivity contribution in [2.24, 2.45) is 0 Å². The molecule has 0 aromatic heterocycles. The normalized spacial score (nSPS) is 16.3. The zero-order valence-electron chi connectivity index (χ0n) is 9.56. The van der Waals surface area contributed by atoms with Gasteiger partial charge in [-0.15, -0.1) is 13.2 Å². The smallest absolute Gasteiger partial charge is 0.215 e. The summed E-state index contributed by atoms with van der Waals surface area (Å²) in [6, 6.07) is 0.544. The van der Waals surface area contributed by atoms with Crippen LogP contribution in [0.4, 0.5) is 0 Å². The van der Waals surface area contributed by atoms with Crippen molar-refractivity contribution >= 4 is 10.0 Å². The van der Waals surface area contributed by atoms with Crippen molar-refractivity contribution in [3.63, 3.8) is 0 Å². The second-order valence-corrected chi connectivity index (χ2v) is 6.03. The van der Waals surface area contributed by atoms with Gasteiger partial charge in [0.15, 0.2) is 0 Å². The van der Waals surface area contributed by atoms with Crippen molar-refractivity contribution < 1.29 is 8.42 Å². The van der Waals surface area contributed by atoms with Gasteiger partial charge in [-0.1, -0.05) is 12.2 Å². The van der Waals surface area contributed by atoms with Crippen LogP contribution in [0, 0.1) is 0 Å². The first-order valence-electron chi connectivity index (χ1n) is 5.53. The van der Waals surface area contributed by atoms with E-state index in [-0.39, 0.29) is 5.75 Å².